The third-order valence-electron chi connectivity index (χ3n) is 6.97. The van der Waals surface area contributed by atoms with Crippen LogP contribution in [-0.2, 0) is 5.41 Å². The number of aryl methyl sites for hydroxylation is 1. The van der Waals surface area contributed by atoms with E-state index in [0.29, 0.717) is 25.2 Å². The molecule has 1 aliphatic carbocycles. The van der Waals surface area contributed by atoms with Crippen LogP contribution in [0.2, 0.25) is 5.02 Å². The Hall–Kier alpha value is -2.28. The number of aromatic carboxylic acids is 1. The van der Waals surface area contributed by atoms with Crippen molar-refractivity contribution in [3.8, 4) is 0 Å². The van der Waals surface area contributed by atoms with Crippen molar-refractivity contribution < 1.29 is 14.7 Å². The molecule has 1 aliphatic heterocycles. The second-order valence-electron chi connectivity index (χ2n) is 8.66. The van der Waals surface area contributed by atoms with E-state index in [1.807, 2.05) is 23.1 Å². The smallest absolute Gasteiger partial charge is 0.335 e. The molecule has 1 heterocycles. The van der Waals surface area contributed by atoms with E-state index in [1.54, 1.807) is 30.0 Å². The number of hydrogen-bond donors (Lipinski definition) is 2. The molecule has 4 rings (SSSR count). The van der Waals surface area contributed by atoms with E-state index >= 15 is 0 Å². The van der Waals surface area contributed by atoms with Gasteiger partial charge in [-0.25, -0.2) is 9.59 Å². The fourth-order valence-electron chi connectivity index (χ4n) is 5.08. The molecule has 8 heteroatoms. The summed E-state index contributed by atoms with van der Waals surface area (Å²) in [5.74, 6) is -0.955. The number of nitrogens with zero attached hydrogens (tertiary/aromatic N) is 2. The zero-order valence-corrected chi connectivity index (χ0v) is 19.7. The Labute approximate surface area is 199 Å². The molecule has 1 saturated heterocycles. The third-order valence-corrected chi connectivity index (χ3v) is 7.21. The highest BCUT2D eigenvalue weighted by Crippen LogP contribution is 2.41. The molecular weight excluding hydrogens is 449 g/mol. The number of nitrogens with two attached hydrogens (primary N) is 1. The Balaban J connectivity index is 0.00000289. The Morgan fingerprint density at radius 2 is 1.91 bits per heavy atom. The molecule has 3 N–H and O–H groups in total. The van der Waals surface area contributed by atoms with E-state index in [1.165, 1.54) is 5.56 Å². The molecule has 0 bridgehead atoms. The summed E-state index contributed by atoms with van der Waals surface area (Å²) in [6.45, 7) is 3.61. The number of carboxylic acid groups (broad SMARTS) is 1. The summed E-state index contributed by atoms with van der Waals surface area (Å²) in [5.41, 5.74) is 8.98. The third kappa shape index (κ3) is 4.45. The van der Waals surface area contributed by atoms with Gasteiger partial charge < -0.3 is 15.7 Å². The topological polar surface area (TPSA) is 86.9 Å². The maximum atomic E-state index is 13.2. The number of anilines is 1. The van der Waals surface area contributed by atoms with Gasteiger partial charge in [-0.3, -0.25) is 4.90 Å². The van der Waals surface area contributed by atoms with Gasteiger partial charge in [0.2, 0.25) is 0 Å². The average Bonchev–Trinajstić information content (AvgIpc) is 3.14. The van der Waals surface area contributed by atoms with Crippen molar-refractivity contribution in [2.24, 2.45) is 5.73 Å². The van der Waals surface area contributed by atoms with Crippen LogP contribution in [0.25, 0.3) is 0 Å². The van der Waals surface area contributed by atoms with Gasteiger partial charge in [-0.15, -0.1) is 12.4 Å². The average molecular weight is 478 g/mol. The van der Waals surface area contributed by atoms with E-state index in [4.69, 9.17) is 17.3 Å². The van der Waals surface area contributed by atoms with Crippen LogP contribution in [0.5, 0.6) is 0 Å². The predicted molar refractivity (Wildman–Crippen MR) is 129 cm³/mol. The van der Waals surface area contributed by atoms with Gasteiger partial charge in [-0.1, -0.05) is 23.7 Å². The molecule has 172 valence electrons. The van der Waals surface area contributed by atoms with Gasteiger partial charge in [0.05, 0.1) is 5.56 Å². The second-order valence-corrected chi connectivity index (χ2v) is 9.09. The zero-order valence-electron chi connectivity index (χ0n) is 18.1. The highest BCUT2D eigenvalue weighted by Gasteiger charge is 2.41. The minimum absolute atomic E-state index is 0. The van der Waals surface area contributed by atoms with Crippen LogP contribution in [-0.4, -0.2) is 47.7 Å². The molecule has 2 fully saturated rings. The van der Waals surface area contributed by atoms with E-state index in [-0.39, 0.29) is 35.5 Å². The molecule has 0 aromatic heterocycles. The number of hydrogen-bond acceptors (Lipinski definition) is 3. The van der Waals surface area contributed by atoms with Gasteiger partial charge in [-0.05, 0) is 74.1 Å². The molecule has 1 saturated carbocycles. The van der Waals surface area contributed by atoms with Crippen molar-refractivity contribution in [3.63, 3.8) is 0 Å². The monoisotopic (exact) mass is 477 g/mol. The van der Waals surface area contributed by atoms with Gasteiger partial charge in [0.1, 0.15) is 0 Å². The van der Waals surface area contributed by atoms with E-state index < -0.39 is 5.97 Å². The normalized spacial score (nSPS) is 23.2. The summed E-state index contributed by atoms with van der Waals surface area (Å²) >= 11 is 6.22. The number of benzene rings is 2. The lowest BCUT2D eigenvalue weighted by atomic mass is 9.68. The molecule has 2 amide bonds. The van der Waals surface area contributed by atoms with Gasteiger partial charge in [-0.2, -0.15) is 0 Å². The van der Waals surface area contributed by atoms with Crippen molar-refractivity contribution in [2.45, 2.75) is 44.1 Å². The molecular formula is C24H29Cl2N3O3. The first-order valence-electron chi connectivity index (χ1n) is 10.7. The summed E-state index contributed by atoms with van der Waals surface area (Å²) in [4.78, 5) is 28.2. The summed E-state index contributed by atoms with van der Waals surface area (Å²) in [6, 6.07) is 13.2. The highest BCUT2D eigenvalue weighted by molar-refractivity contribution is 6.30. The maximum absolute atomic E-state index is 13.2. The van der Waals surface area contributed by atoms with Crippen LogP contribution in [0.3, 0.4) is 0 Å². The van der Waals surface area contributed by atoms with Crippen molar-refractivity contribution in [3.05, 3.63) is 64.2 Å². The predicted octanol–water partition coefficient (Wildman–Crippen LogP) is 4.85. The first-order valence-corrected chi connectivity index (χ1v) is 11.1. The Morgan fingerprint density at radius 1 is 1.19 bits per heavy atom. The lowest BCUT2D eigenvalue weighted by Crippen LogP contribution is -2.46. The quantitative estimate of drug-likeness (QED) is 0.643. The minimum atomic E-state index is -0.955. The standard InChI is InChI=1S/C24H28ClN3O3.ClH/c1-16-13-20(5-6-21(16)22(29)30)28-12-11-27(23(28)31)19-7-9-24(15-26,10-8-19)17-3-2-4-18(25)14-17;/h2-6,13-14,19H,7-12,15,26H2,1H3,(H,29,30);1H/t19-,24+;. The molecule has 0 atom stereocenters. The Bertz CT molecular complexity index is 1010. The number of rotatable bonds is 5. The van der Waals surface area contributed by atoms with Crippen molar-refractivity contribution >= 4 is 41.7 Å². The number of amides is 2. The fourth-order valence-corrected chi connectivity index (χ4v) is 5.27. The first kappa shape index (κ1) is 24.4. The van der Waals surface area contributed by atoms with Crippen LogP contribution in [0.4, 0.5) is 10.5 Å². The lowest BCUT2D eigenvalue weighted by Gasteiger charge is -2.42. The number of carbonyl (C=O) groups excluding carboxylic acids is 1. The minimum Gasteiger partial charge on any atom is -0.478 e. The van der Waals surface area contributed by atoms with Crippen molar-refractivity contribution in [2.75, 3.05) is 24.5 Å². The van der Waals surface area contributed by atoms with E-state index in [2.05, 4.69) is 6.07 Å². The van der Waals surface area contributed by atoms with Crippen LogP contribution in [0, 0.1) is 6.92 Å². The molecule has 32 heavy (non-hydrogen) atoms. The van der Waals surface area contributed by atoms with Gasteiger partial charge in [0.25, 0.3) is 0 Å². The number of carbonyl (C=O) groups is 2. The van der Waals surface area contributed by atoms with E-state index in [0.717, 1.165) is 36.4 Å². The highest BCUT2D eigenvalue weighted by atomic mass is 35.5. The molecule has 2 aromatic carbocycles. The summed E-state index contributed by atoms with van der Waals surface area (Å²) in [7, 11) is 0. The Morgan fingerprint density at radius 3 is 2.50 bits per heavy atom. The number of halogens is 2. The van der Waals surface area contributed by atoms with Gasteiger partial charge >= 0.3 is 12.0 Å². The van der Waals surface area contributed by atoms with Gasteiger partial charge in [0.15, 0.2) is 0 Å². The zero-order chi connectivity index (χ0) is 22.2. The molecule has 0 spiro atoms. The molecule has 6 nitrogen and oxygen atoms in total. The molecule has 0 unspecified atom stereocenters. The van der Waals surface area contributed by atoms with Gasteiger partial charge in [0, 0.05) is 41.8 Å². The van der Waals surface area contributed by atoms with Crippen LogP contribution < -0.4 is 10.6 Å². The number of urea groups is 1. The van der Waals surface area contributed by atoms with E-state index in [9.17, 15) is 14.7 Å². The van der Waals surface area contributed by atoms with Crippen molar-refractivity contribution in [1.29, 1.82) is 0 Å². The summed E-state index contributed by atoms with van der Waals surface area (Å²) < 4.78 is 0. The first-order chi connectivity index (χ1) is 14.8. The summed E-state index contributed by atoms with van der Waals surface area (Å²) in [5, 5.41) is 9.97. The largest absolute Gasteiger partial charge is 0.478 e. The SMILES string of the molecule is Cc1cc(N2CCN([C@H]3CC[C@@](CN)(c4cccc(Cl)c4)CC3)C2=O)ccc1C(=O)O.Cl. The summed E-state index contributed by atoms with van der Waals surface area (Å²) in [6.07, 6.45) is 3.65. The molecule has 2 aliphatic rings. The lowest BCUT2D eigenvalue weighted by molar-refractivity contribution is 0.0696. The van der Waals surface area contributed by atoms with Crippen LogP contribution in [0.1, 0.15) is 47.2 Å². The molecule has 0 radical (unpaired) electrons. The Kier molecular flexibility index (Phi) is 7.38. The van der Waals surface area contributed by atoms with Crippen molar-refractivity contribution in [1.82, 2.24) is 4.90 Å². The van der Waals surface area contributed by atoms with Crippen LogP contribution >= 0.6 is 24.0 Å². The fraction of sp³-hybridized carbons (Fsp3) is 0.417. The van der Waals surface area contributed by atoms with Crippen LogP contribution in [0.15, 0.2) is 42.5 Å². The second kappa shape index (κ2) is 9.69. The molecule has 2 aromatic rings. The number of carboxylic acids is 1. The maximum Gasteiger partial charge on any atom is 0.335 e.